The monoisotopic (exact) mass is 481 g/mol. The molecule has 0 bridgehead atoms. The lowest BCUT2D eigenvalue weighted by Gasteiger charge is -2.27. The van der Waals surface area contributed by atoms with Crippen LogP contribution in [-0.4, -0.2) is 34.1 Å². The van der Waals surface area contributed by atoms with Crippen molar-refractivity contribution in [3.63, 3.8) is 0 Å². The summed E-state index contributed by atoms with van der Waals surface area (Å²) in [6.07, 6.45) is 4.48. The number of esters is 1. The maximum atomic E-state index is 12.2. The normalized spacial score (nSPS) is 12.0. The predicted octanol–water partition coefficient (Wildman–Crippen LogP) is 4.93. The summed E-state index contributed by atoms with van der Waals surface area (Å²) in [4.78, 5) is 23.6. The van der Waals surface area contributed by atoms with Crippen molar-refractivity contribution in [2.75, 3.05) is 12.4 Å². The second-order valence-electron chi connectivity index (χ2n) is 6.37. The molecule has 0 unspecified atom stereocenters. The lowest BCUT2D eigenvalue weighted by atomic mass is 10.1. The van der Waals surface area contributed by atoms with Gasteiger partial charge in [-0.05, 0) is 42.9 Å². The highest BCUT2D eigenvalue weighted by atomic mass is 35.6. The van der Waals surface area contributed by atoms with Gasteiger partial charge in [0.1, 0.15) is 6.17 Å². The standard InChI is InChI=1S/C19H26Cl3N3O3S/c1-3-4-5-6-7-8-15(26)24-17(19(20,21)22)25-18(29)23-14-11-9-13(10-12-14)16(27)28-2/h9-12,17H,3-8H2,1-2H3,(H,24,26)(H2,23,25,29)/t17-/m0/s1. The van der Waals surface area contributed by atoms with E-state index in [9.17, 15) is 9.59 Å². The van der Waals surface area contributed by atoms with Crippen LogP contribution in [0.1, 0.15) is 55.8 Å². The molecule has 3 N–H and O–H groups in total. The van der Waals surface area contributed by atoms with Crippen molar-refractivity contribution in [3.05, 3.63) is 29.8 Å². The Morgan fingerprint density at radius 1 is 1.07 bits per heavy atom. The van der Waals surface area contributed by atoms with Crippen molar-refractivity contribution in [2.45, 2.75) is 55.4 Å². The van der Waals surface area contributed by atoms with Gasteiger partial charge < -0.3 is 20.7 Å². The van der Waals surface area contributed by atoms with Crippen LogP contribution < -0.4 is 16.0 Å². The highest BCUT2D eigenvalue weighted by Crippen LogP contribution is 2.29. The zero-order valence-corrected chi connectivity index (χ0v) is 19.5. The first-order valence-electron chi connectivity index (χ1n) is 9.29. The summed E-state index contributed by atoms with van der Waals surface area (Å²) in [6.45, 7) is 2.13. The smallest absolute Gasteiger partial charge is 0.337 e. The van der Waals surface area contributed by atoms with Crippen LogP contribution in [0.5, 0.6) is 0 Å². The first kappa shape index (κ1) is 25.8. The van der Waals surface area contributed by atoms with Crippen LogP contribution in [0.4, 0.5) is 5.69 Å². The fourth-order valence-corrected chi connectivity index (χ4v) is 2.99. The second kappa shape index (κ2) is 13.1. The van der Waals surface area contributed by atoms with Gasteiger partial charge in [0.15, 0.2) is 5.11 Å². The zero-order chi connectivity index (χ0) is 21.9. The van der Waals surface area contributed by atoms with Gasteiger partial charge in [0.05, 0.1) is 12.7 Å². The number of benzene rings is 1. The van der Waals surface area contributed by atoms with E-state index in [1.807, 2.05) is 0 Å². The van der Waals surface area contributed by atoms with Crippen molar-refractivity contribution in [3.8, 4) is 0 Å². The third kappa shape index (κ3) is 10.3. The Morgan fingerprint density at radius 2 is 1.69 bits per heavy atom. The summed E-state index contributed by atoms with van der Waals surface area (Å²) in [5, 5.41) is 8.52. The van der Waals surface area contributed by atoms with Gasteiger partial charge in [0.2, 0.25) is 9.70 Å². The van der Waals surface area contributed by atoms with Gasteiger partial charge in [-0.1, -0.05) is 67.4 Å². The number of ether oxygens (including phenoxy) is 1. The predicted molar refractivity (Wildman–Crippen MR) is 123 cm³/mol. The molecule has 0 aromatic heterocycles. The molecule has 0 spiro atoms. The minimum Gasteiger partial charge on any atom is -0.465 e. The van der Waals surface area contributed by atoms with E-state index in [4.69, 9.17) is 47.0 Å². The molecular weight excluding hydrogens is 457 g/mol. The first-order valence-corrected chi connectivity index (χ1v) is 10.8. The summed E-state index contributed by atoms with van der Waals surface area (Å²) in [7, 11) is 1.31. The Labute approximate surface area is 192 Å². The molecule has 10 heteroatoms. The Morgan fingerprint density at radius 3 is 2.24 bits per heavy atom. The van der Waals surface area contributed by atoms with Crippen LogP contribution in [0.15, 0.2) is 24.3 Å². The number of rotatable bonds is 10. The van der Waals surface area contributed by atoms with Gasteiger partial charge in [-0.15, -0.1) is 0 Å². The summed E-state index contributed by atoms with van der Waals surface area (Å²) >= 11 is 23.2. The molecule has 0 aliphatic rings. The van der Waals surface area contributed by atoms with Gasteiger partial charge in [-0.2, -0.15) is 0 Å². The second-order valence-corrected chi connectivity index (χ2v) is 9.15. The van der Waals surface area contributed by atoms with E-state index >= 15 is 0 Å². The van der Waals surface area contributed by atoms with Crippen molar-refractivity contribution >= 4 is 69.7 Å². The largest absolute Gasteiger partial charge is 0.465 e. The number of methoxy groups -OCH3 is 1. The van der Waals surface area contributed by atoms with Crippen LogP contribution >= 0.6 is 47.0 Å². The summed E-state index contributed by atoms with van der Waals surface area (Å²) < 4.78 is 2.84. The Kier molecular flexibility index (Phi) is 11.6. The molecule has 0 saturated carbocycles. The number of nitrogens with one attached hydrogen (secondary N) is 3. The lowest BCUT2D eigenvalue weighted by Crippen LogP contribution is -2.56. The quantitative estimate of drug-likeness (QED) is 0.144. The summed E-state index contributed by atoms with van der Waals surface area (Å²) in [5.41, 5.74) is 1.02. The Hall–Kier alpha value is -1.28. The number of unbranched alkanes of at least 4 members (excludes halogenated alkanes) is 4. The van der Waals surface area contributed by atoms with Crippen molar-refractivity contribution in [1.82, 2.24) is 10.6 Å². The third-order valence-corrected chi connectivity index (χ3v) is 4.85. The molecule has 1 rings (SSSR count). The maximum Gasteiger partial charge on any atom is 0.337 e. The van der Waals surface area contributed by atoms with Crippen molar-refractivity contribution < 1.29 is 14.3 Å². The fraction of sp³-hybridized carbons (Fsp3) is 0.526. The van der Waals surface area contributed by atoms with Crippen LogP contribution in [0.2, 0.25) is 0 Å². The number of amides is 1. The number of thiocarbonyl (C=S) groups is 1. The van der Waals surface area contributed by atoms with Gasteiger partial charge in [-0.25, -0.2) is 4.79 Å². The number of halogens is 3. The zero-order valence-electron chi connectivity index (χ0n) is 16.4. The van der Waals surface area contributed by atoms with Crippen molar-refractivity contribution in [1.29, 1.82) is 0 Å². The number of carbonyl (C=O) groups excluding carboxylic acids is 2. The van der Waals surface area contributed by atoms with Gasteiger partial charge >= 0.3 is 5.97 Å². The number of carbonyl (C=O) groups is 2. The molecule has 0 aliphatic heterocycles. The van der Waals surface area contributed by atoms with Crippen LogP contribution in [-0.2, 0) is 9.53 Å². The number of hydrogen-bond donors (Lipinski definition) is 3. The molecule has 29 heavy (non-hydrogen) atoms. The minimum absolute atomic E-state index is 0.149. The fourth-order valence-electron chi connectivity index (χ4n) is 2.43. The Balaban J connectivity index is 2.58. The van der Waals surface area contributed by atoms with E-state index in [2.05, 4.69) is 27.6 Å². The highest BCUT2D eigenvalue weighted by molar-refractivity contribution is 7.80. The molecule has 162 valence electrons. The van der Waals surface area contributed by atoms with E-state index in [0.29, 0.717) is 17.7 Å². The lowest BCUT2D eigenvalue weighted by molar-refractivity contribution is -0.122. The van der Waals surface area contributed by atoms with E-state index in [0.717, 1.165) is 32.1 Å². The first-order chi connectivity index (χ1) is 13.7. The molecule has 1 aromatic rings. The minimum atomic E-state index is -1.81. The molecule has 1 atom stereocenters. The molecule has 0 radical (unpaired) electrons. The van der Waals surface area contributed by atoms with E-state index < -0.39 is 15.9 Å². The summed E-state index contributed by atoms with van der Waals surface area (Å²) in [5.74, 6) is -0.665. The molecule has 1 aromatic carbocycles. The molecular formula is C19H26Cl3N3O3S. The average molecular weight is 483 g/mol. The maximum absolute atomic E-state index is 12.2. The van der Waals surface area contributed by atoms with Crippen LogP contribution in [0, 0.1) is 0 Å². The SMILES string of the molecule is CCCCCCCC(=O)N[C@@H](NC(=S)Nc1ccc(C(=O)OC)cc1)C(Cl)(Cl)Cl. The van der Waals surface area contributed by atoms with Crippen molar-refractivity contribution in [2.24, 2.45) is 0 Å². The molecule has 1 amide bonds. The molecule has 0 aliphatic carbocycles. The van der Waals surface area contributed by atoms with E-state index in [1.165, 1.54) is 7.11 Å². The highest BCUT2D eigenvalue weighted by Gasteiger charge is 2.34. The van der Waals surface area contributed by atoms with Gasteiger partial charge in [0, 0.05) is 12.1 Å². The number of alkyl halides is 3. The van der Waals surface area contributed by atoms with Gasteiger partial charge in [-0.3, -0.25) is 4.79 Å². The topological polar surface area (TPSA) is 79.5 Å². The van der Waals surface area contributed by atoms with E-state index in [1.54, 1.807) is 24.3 Å². The molecule has 0 heterocycles. The number of anilines is 1. The van der Waals surface area contributed by atoms with E-state index in [-0.39, 0.29) is 11.0 Å². The number of hydrogen-bond acceptors (Lipinski definition) is 4. The summed E-state index contributed by atoms with van der Waals surface area (Å²) in [6, 6.07) is 6.48. The molecule has 0 saturated heterocycles. The van der Waals surface area contributed by atoms with Gasteiger partial charge in [0.25, 0.3) is 0 Å². The Bertz CT molecular complexity index is 682. The van der Waals surface area contributed by atoms with Crippen LogP contribution in [0.3, 0.4) is 0 Å². The third-order valence-electron chi connectivity index (χ3n) is 3.98. The molecule has 6 nitrogen and oxygen atoms in total. The average Bonchev–Trinajstić information content (AvgIpc) is 2.66. The molecule has 0 fully saturated rings. The van der Waals surface area contributed by atoms with Crippen LogP contribution in [0.25, 0.3) is 0 Å².